The maximum absolute atomic E-state index is 12.6. The fraction of sp³-hybridized carbons (Fsp3) is 0.158. The zero-order chi connectivity index (χ0) is 17.3. The van der Waals surface area contributed by atoms with Gasteiger partial charge in [0.05, 0.1) is 0 Å². The first-order chi connectivity index (χ1) is 11.5. The number of rotatable bonds is 3. The Bertz CT molecular complexity index is 974. The number of carbonyl (C=O) groups is 1. The summed E-state index contributed by atoms with van der Waals surface area (Å²) in [5.41, 5.74) is 1.76. The lowest BCUT2D eigenvalue weighted by Gasteiger charge is -2.13. The molecule has 122 valence electrons. The van der Waals surface area contributed by atoms with Gasteiger partial charge in [0, 0.05) is 11.1 Å². The topological polar surface area (TPSA) is 86.3 Å². The van der Waals surface area contributed by atoms with Gasteiger partial charge in [-0.25, -0.2) is 0 Å². The van der Waals surface area contributed by atoms with E-state index >= 15 is 0 Å². The molecular weight excluding hydrogens is 304 g/mol. The molecule has 0 spiro atoms. The minimum absolute atomic E-state index is 0.0573. The van der Waals surface area contributed by atoms with Gasteiger partial charge in [-0.15, -0.1) is 0 Å². The summed E-state index contributed by atoms with van der Waals surface area (Å²) in [4.78, 5) is 12.6. The number of benzene rings is 2. The summed E-state index contributed by atoms with van der Waals surface area (Å²) in [6, 6.07) is 14.0. The fourth-order valence-corrected chi connectivity index (χ4v) is 2.62. The Hall–Kier alpha value is -3.08. The lowest BCUT2D eigenvalue weighted by molar-refractivity contribution is 0.102. The number of anilines is 1. The van der Waals surface area contributed by atoms with E-state index in [-0.39, 0.29) is 28.4 Å². The molecule has 1 aromatic heterocycles. The van der Waals surface area contributed by atoms with E-state index < -0.39 is 5.91 Å². The van der Waals surface area contributed by atoms with Crippen LogP contribution in [0.15, 0.2) is 52.9 Å². The quantitative estimate of drug-likeness (QED) is 0.681. The fourth-order valence-electron chi connectivity index (χ4n) is 2.62. The van der Waals surface area contributed by atoms with E-state index in [1.165, 1.54) is 6.07 Å². The normalized spacial score (nSPS) is 11.0. The van der Waals surface area contributed by atoms with Crippen molar-refractivity contribution < 1.29 is 14.3 Å². The third kappa shape index (κ3) is 2.88. The molecule has 1 heterocycles. The van der Waals surface area contributed by atoms with Gasteiger partial charge in [0.25, 0.3) is 5.91 Å². The van der Waals surface area contributed by atoms with Crippen LogP contribution in [0.2, 0.25) is 0 Å². The molecule has 5 nitrogen and oxygen atoms in total. The van der Waals surface area contributed by atoms with Crippen LogP contribution < -0.4 is 10.9 Å². The smallest absolute Gasteiger partial charge is 0.261 e. The predicted octanol–water partition coefficient (Wildman–Crippen LogP) is 3.99. The van der Waals surface area contributed by atoms with Crippen molar-refractivity contribution in [3.63, 3.8) is 0 Å². The van der Waals surface area contributed by atoms with Gasteiger partial charge in [-0.05, 0) is 29.7 Å². The van der Waals surface area contributed by atoms with E-state index in [1.807, 2.05) is 24.3 Å². The molecule has 0 saturated carbocycles. The van der Waals surface area contributed by atoms with Crippen LogP contribution in [0.1, 0.15) is 35.7 Å². The van der Waals surface area contributed by atoms with Crippen molar-refractivity contribution in [2.75, 3.05) is 5.32 Å². The molecule has 3 aromatic rings. The maximum Gasteiger partial charge on any atom is 0.261 e. The zero-order valence-electron chi connectivity index (χ0n) is 13.5. The first-order valence-corrected chi connectivity index (χ1v) is 7.68. The van der Waals surface area contributed by atoms with Crippen LogP contribution in [0.5, 0.6) is 5.75 Å². The molecule has 1 amide bonds. The van der Waals surface area contributed by atoms with Crippen LogP contribution in [-0.2, 0) is 0 Å². The second-order valence-corrected chi connectivity index (χ2v) is 5.88. The Morgan fingerprint density at radius 3 is 2.67 bits per heavy atom. The third-order valence-electron chi connectivity index (χ3n) is 3.85. The van der Waals surface area contributed by atoms with Crippen molar-refractivity contribution >= 4 is 22.6 Å². The SMILES string of the molecule is CC(C)c1ccccc1NC(=O)c1cc2cccc(O)c2oc1=N. The second kappa shape index (κ2) is 6.20. The monoisotopic (exact) mass is 322 g/mol. The highest BCUT2D eigenvalue weighted by Gasteiger charge is 2.15. The molecule has 0 atom stereocenters. The molecule has 0 aliphatic heterocycles. The van der Waals surface area contributed by atoms with Crippen molar-refractivity contribution in [1.29, 1.82) is 5.41 Å². The zero-order valence-corrected chi connectivity index (χ0v) is 13.5. The maximum atomic E-state index is 12.6. The first kappa shape index (κ1) is 15.8. The van der Waals surface area contributed by atoms with Crippen molar-refractivity contribution in [1.82, 2.24) is 0 Å². The number of nitrogens with one attached hydrogen (secondary N) is 2. The van der Waals surface area contributed by atoms with Crippen molar-refractivity contribution in [2.45, 2.75) is 19.8 Å². The molecule has 24 heavy (non-hydrogen) atoms. The van der Waals surface area contributed by atoms with Crippen molar-refractivity contribution in [3.8, 4) is 5.75 Å². The Morgan fingerprint density at radius 2 is 1.92 bits per heavy atom. The van der Waals surface area contributed by atoms with Crippen LogP contribution in [0.4, 0.5) is 5.69 Å². The molecule has 0 aliphatic rings. The van der Waals surface area contributed by atoms with E-state index in [0.29, 0.717) is 11.1 Å². The van der Waals surface area contributed by atoms with Crippen LogP contribution in [-0.4, -0.2) is 11.0 Å². The van der Waals surface area contributed by atoms with Crippen LogP contribution in [0.25, 0.3) is 11.0 Å². The summed E-state index contributed by atoms with van der Waals surface area (Å²) < 4.78 is 5.32. The highest BCUT2D eigenvalue weighted by molar-refractivity contribution is 6.05. The number of fused-ring (bicyclic) bond motifs is 1. The van der Waals surface area contributed by atoms with Crippen molar-refractivity contribution in [2.24, 2.45) is 0 Å². The van der Waals surface area contributed by atoms with Crippen LogP contribution in [0.3, 0.4) is 0 Å². The lowest BCUT2D eigenvalue weighted by atomic mass is 10.0. The third-order valence-corrected chi connectivity index (χ3v) is 3.85. The molecule has 0 unspecified atom stereocenters. The number of amides is 1. The molecule has 0 aliphatic carbocycles. The Kier molecular flexibility index (Phi) is 4.08. The summed E-state index contributed by atoms with van der Waals surface area (Å²) in [6.45, 7) is 4.10. The van der Waals surface area contributed by atoms with E-state index in [2.05, 4.69) is 19.2 Å². The molecule has 3 rings (SSSR count). The van der Waals surface area contributed by atoms with Crippen LogP contribution in [0, 0.1) is 5.41 Å². The van der Waals surface area contributed by atoms with E-state index in [4.69, 9.17) is 9.83 Å². The van der Waals surface area contributed by atoms with Gasteiger partial charge in [0.2, 0.25) is 5.55 Å². The first-order valence-electron chi connectivity index (χ1n) is 7.68. The average Bonchev–Trinajstić information content (AvgIpc) is 2.55. The number of aromatic hydroxyl groups is 1. The minimum Gasteiger partial charge on any atom is -0.504 e. The standard InChI is InChI=1S/C19H18N2O3/c1-11(2)13-7-3-4-8-15(13)21-19(23)14-10-12-6-5-9-16(22)17(12)24-18(14)20/h3-11,20,22H,1-2H3,(H,21,23). The lowest BCUT2D eigenvalue weighted by Crippen LogP contribution is -2.21. The van der Waals surface area contributed by atoms with Crippen molar-refractivity contribution in [3.05, 3.63) is 65.2 Å². The molecule has 3 N–H and O–H groups in total. The summed E-state index contributed by atoms with van der Waals surface area (Å²) >= 11 is 0. The second-order valence-electron chi connectivity index (χ2n) is 5.88. The van der Waals surface area contributed by atoms with Gasteiger partial charge in [0.1, 0.15) is 5.56 Å². The van der Waals surface area contributed by atoms with E-state index in [0.717, 1.165) is 5.56 Å². The summed E-state index contributed by atoms with van der Waals surface area (Å²) in [5, 5.41) is 21.1. The highest BCUT2D eigenvalue weighted by atomic mass is 16.4. The van der Waals surface area contributed by atoms with Gasteiger partial charge >= 0.3 is 0 Å². The molecule has 2 aromatic carbocycles. The van der Waals surface area contributed by atoms with E-state index in [1.54, 1.807) is 18.2 Å². The summed E-state index contributed by atoms with van der Waals surface area (Å²) in [5.74, 6) is -0.213. The van der Waals surface area contributed by atoms with Gasteiger partial charge in [-0.2, -0.15) is 0 Å². The number of hydrogen-bond acceptors (Lipinski definition) is 4. The van der Waals surface area contributed by atoms with Gasteiger partial charge in [-0.3, -0.25) is 10.2 Å². The van der Waals surface area contributed by atoms with E-state index in [9.17, 15) is 9.90 Å². The summed E-state index contributed by atoms with van der Waals surface area (Å²) in [7, 11) is 0. The molecular formula is C19H18N2O3. The number of carbonyl (C=O) groups excluding carboxylic acids is 1. The number of hydrogen-bond donors (Lipinski definition) is 3. The molecule has 5 heteroatoms. The number of para-hydroxylation sites is 2. The molecule has 0 bridgehead atoms. The van der Waals surface area contributed by atoms with Gasteiger partial charge < -0.3 is 14.8 Å². The largest absolute Gasteiger partial charge is 0.504 e. The average molecular weight is 322 g/mol. The predicted molar refractivity (Wildman–Crippen MR) is 92.2 cm³/mol. The minimum atomic E-state index is -0.415. The number of phenolic OH excluding ortho intramolecular Hbond substituents is 1. The van der Waals surface area contributed by atoms with Gasteiger partial charge in [-0.1, -0.05) is 44.2 Å². The Morgan fingerprint density at radius 1 is 1.17 bits per heavy atom. The molecule has 0 saturated heterocycles. The number of phenols is 1. The molecule has 0 fully saturated rings. The molecule has 0 radical (unpaired) electrons. The van der Waals surface area contributed by atoms with Crippen LogP contribution >= 0.6 is 0 Å². The summed E-state index contributed by atoms with van der Waals surface area (Å²) in [6.07, 6.45) is 0. The Balaban J connectivity index is 2.01. The van der Waals surface area contributed by atoms with Gasteiger partial charge in [0.15, 0.2) is 11.3 Å². The highest BCUT2D eigenvalue weighted by Crippen LogP contribution is 2.25. The Labute approximate surface area is 139 Å².